The number of amidine groups is 1. The first kappa shape index (κ1) is 8.74. The lowest BCUT2D eigenvalue weighted by atomic mass is 10.1. The second kappa shape index (κ2) is 2.57. The molecule has 2 heterocycles. The number of carbonyl (C=O) groups excluding carboxylic acids is 1. The van der Waals surface area contributed by atoms with Crippen molar-refractivity contribution in [2.45, 2.75) is 19.4 Å². The quantitative estimate of drug-likeness (QED) is 0.561. The molecule has 0 saturated heterocycles. The van der Waals surface area contributed by atoms with Crippen LogP contribution in [0.1, 0.15) is 13.8 Å². The number of aliphatic imine (C=N–C) groups is 4. The molecule has 0 aromatic heterocycles. The molecular formula is C8H9N5O. The van der Waals surface area contributed by atoms with Crippen molar-refractivity contribution in [3.63, 3.8) is 0 Å². The van der Waals surface area contributed by atoms with Crippen molar-refractivity contribution in [3.8, 4) is 0 Å². The fraction of sp³-hybridized carbons (Fsp3) is 0.375. The Morgan fingerprint density at radius 2 is 2.07 bits per heavy atom. The van der Waals surface area contributed by atoms with Gasteiger partial charge in [0.05, 0.1) is 5.54 Å². The first-order valence-electron chi connectivity index (χ1n) is 4.10. The SMILES string of the molecule is CC1(C)C=NC2=NC(N)=NC(=O)C2=N1. The van der Waals surface area contributed by atoms with Gasteiger partial charge in [-0.05, 0) is 13.8 Å². The average Bonchev–Trinajstić information content (AvgIpc) is 2.06. The van der Waals surface area contributed by atoms with Crippen LogP contribution >= 0.6 is 0 Å². The number of fused-ring (bicyclic) bond motifs is 1. The van der Waals surface area contributed by atoms with Crippen molar-refractivity contribution in [1.29, 1.82) is 0 Å². The smallest absolute Gasteiger partial charge is 0.302 e. The van der Waals surface area contributed by atoms with Crippen molar-refractivity contribution >= 4 is 29.6 Å². The summed E-state index contributed by atoms with van der Waals surface area (Å²) >= 11 is 0. The summed E-state index contributed by atoms with van der Waals surface area (Å²) in [5.41, 5.74) is 5.02. The molecule has 6 nitrogen and oxygen atoms in total. The normalized spacial score (nSPS) is 23.6. The van der Waals surface area contributed by atoms with Gasteiger partial charge >= 0.3 is 5.91 Å². The van der Waals surface area contributed by atoms with Gasteiger partial charge in [0.2, 0.25) is 5.96 Å². The van der Waals surface area contributed by atoms with Crippen LogP contribution in [0, 0.1) is 0 Å². The van der Waals surface area contributed by atoms with Crippen LogP contribution in [0.2, 0.25) is 0 Å². The molecule has 0 aromatic carbocycles. The maximum Gasteiger partial charge on any atom is 0.302 e. The Bertz CT molecular complexity index is 427. The number of nitrogens with two attached hydrogens (primary N) is 1. The van der Waals surface area contributed by atoms with E-state index in [1.54, 1.807) is 6.21 Å². The zero-order chi connectivity index (χ0) is 10.3. The minimum atomic E-state index is -0.481. The number of nitrogens with zero attached hydrogens (tertiary/aromatic N) is 4. The minimum absolute atomic E-state index is 0.0687. The van der Waals surface area contributed by atoms with Crippen LogP contribution in [0.4, 0.5) is 0 Å². The summed E-state index contributed by atoms with van der Waals surface area (Å²) in [7, 11) is 0. The van der Waals surface area contributed by atoms with E-state index < -0.39 is 11.4 Å². The van der Waals surface area contributed by atoms with Crippen LogP contribution in [0.3, 0.4) is 0 Å². The molecular weight excluding hydrogens is 182 g/mol. The van der Waals surface area contributed by atoms with Crippen molar-refractivity contribution < 1.29 is 4.79 Å². The van der Waals surface area contributed by atoms with E-state index in [1.807, 2.05) is 13.8 Å². The third-order valence-corrected chi connectivity index (χ3v) is 1.75. The Labute approximate surface area is 80.4 Å². The summed E-state index contributed by atoms with van der Waals surface area (Å²) in [5, 5.41) is 0. The fourth-order valence-electron chi connectivity index (χ4n) is 1.16. The third kappa shape index (κ3) is 1.34. The number of rotatable bonds is 0. The Morgan fingerprint density at radius 3 is 2.79 bits per heavy atom. The molecule has 2 rings (SSSR count). The van der Waals surface area contributed by atoms with Crippen LogP contribution in [0.25, 0.3) is 0 Å². The van der Waals surface area contributed by atoms with Gasteiger partial charge in [0.15, 0.2) is 11.5 Å². The summed E-state index contributed by atoms with van der Waals surface area (Å²) in [5.74, 6) is -0.292. The lowest BCUT2D eigenvalue weighted by Crippen LogP contribution is -2.37. The molecule has 0 aliphatic carbocycles. The number of hydrogen-bond donors (Lipinski definition) is 1. The van der Waals surface area contributed by atoms with Gasteiger partial charge in [-0.15, -0.1) is 0 Å². The number of guanidine groups is 1. The number of hydrogen-bond acceptors (Lipinski definition) is 5. The largest absolute Gasteiger partial charge is 0.368 e. The molecule has 6 heteroatoms. The molecule has 0 spiro atoms. The van der Waals surface area contributed by atoms with Crippen LogP contribution in [-0.2, 0) is 4.79 Å². The molecule has 0 unspecified atom stereocenters. The minimum Gasteiger partial charge on any atom is -0.368 e. The van der Waals surface area contributed by atoms with E-state index in [-0.39, 0.29) is 17.5 Å². The van der Waals surface area contributed by atoms with Crippen molar-refractivity contribution in [2.24, 2.45) is 25.7 Å². The highest BCUT2D eigenvalue weighted by atomic mass is 16.1. The second-order valence-electron chi connectivity index (χ2n) is 3.58. The topological polar surface area (TPSA) is 92.5 Å². The molecule has 1 amide bonds. The Morgan fingerprint density at radius 1 is 1.36 bits per heavy atom. The first-order valence-corrected chi connectivity index (χ1v) is 4.10. The molecule has 0 radical (unpaired) electrons. The molecule has 0 fully saturated rings. The van der Waals surface area contributed by atoms with Crippen LogP contribution in [0.15, 0.2) is 20.0 Å². The average molecular weight is 191 g/mol. The van der Waals surface area contributed by atoms with Gasteiger partial charge in [-0.1, -0.05) is 0 Å². The van der Waals surface area contributed by atoms with Crippen LogP contribution < -0.4 is 5.73 Å². The highest BCUT2D eigenvalue weighted by Crippen LogP contribution is 2.13. The van der Waals surface area contributed by atoms with E-state index in [4.69, 9.17) is 5.73 Å². The molecule has 2 aliphatic rings. The van der Waals surface area contributed by atoms with Crippen molar-refractivity contribution in [2.75, 3.05) is 0 Å². The van der Waals surface area contributed by atoms with Crippen LogP contribution in [-0.4, -0.2) is 35.2 Å². The molecule has 2 aliphatic heterocycles. The van der Waals surface area contributed by atoms with E-state index in [0.29, 0.717) is 0 Å². The number of carbonyl (C=O) groups is 1. The van der Waals surface area contributed by atoms with Gasteiger partial charge in [0.25, 0.3) is 0 Å². The van der Waals surface area contributed by atoms with Gasteiger partial charge in [-0.3, -0.25) is 9.79 Å². The van der Waals surface area contributed by atoms with E-state index >= 15 is 0 Å². The maximum absolute atomic E-state index is 11.4. The number of amides is 1. The predicted octanol–water partition coefficient (Wildman–Crippen LogP) is -0.456. The third-order valence-electron chi connectivity index (χ3n) is 1.75. The Balaban J connectivity index is 2.51. The molecule has 2 N–H and O–H groups in total. The van der Waals surface area contributed by atoms with E-state index in [1.165, 1.54) is 0 Å². The maximum atomic E-state index is 11.4. The van der Waals surface area contributed by atoms with Gasteiger partial charge in [-0.25, -0.2) is 4.99 Å². The second-order valence-corrected chi connectivity index (χ2v) is 3.58. The van der Waals surface area contributed by atoms with Crippen molar-refractivity contribution in [1.82, 2.24) is 0 Å². The molecule has 0 atom stereocenters. The van der Waals surface area contributed by atoms with E-state index in [2.05, 4.69) is 20.0 Å². The molecule has 72 valence electrons. The van der Waals surface area contributed by atoms with Gasteiger partial charge in [-0.2, -0.15) is 9.98 Å². The highest BCUT2D eigenvalue weighted by Gasteiger charge is 2.29. The summed E-state index contributed by atoms with van der Waals surface area (Å²) in [4.78, 5) is 26.9. The zero-order valence-corrected chi connectivity index (χ0v) is 7.85. The lowest BCUT2D eigenvalue weighted by Gasteiger charge is -2.20. The standard InChI is InChI=1S/C8H9N5O/c1-8(2)3-10-5-4(13-8)6(14)12-7(9)11-5/h3H,1-2H3,(H2,9,12,14). The highest BCUT2D eigenvalue weighted by molar-refractivity contribution is 6.70. The van der Waals surface area contributed by atoms with E-state index in [0.717, 1.165) is 0 Å². The van der Waals surface area contributed by atoms with Gasteiger partial charge < -0.3 is 5.73 Å². The first-order chi connectivity index (χ1) is 6.48. The van der Waals surface area contributed by atoms with Gasteiger partial charge in [0, 0.05) is 6.21 Å². The molecule has 0 bridgehead atoms. The monoisotopic (exact) mass is 191 g/mol. The summed E-state index contributed by atoms with van der Waals surface area (Å²) < 4.78 is 0. The summed E-state index contributed by atoms with van der Waals surface area (Å²) in [6.45, 7) is 3.68. The van der Waals surface area contributed by atoms with Crippen molar-refractivity contribution in [3.05, 3.63) is 0 Å². The fourth-order valence-corrected chi connectivity index (χ4v) is 1.16. The predicted molar refractivity (Wildman–Crippen MR) is 54.1 cm³/mol. The lowest BCUT2D eigenvalue weighted by molar-refractivity contribution is -0.111. The van der Waals surface area contributed by atoms with E-state index in [9.17, 15) is 4.79 Å². The Kier molecular flexibility index (Phi) is 1.60. The Hall–Kier alpha value is -1.85. The summed E-state index contributed by atoms with van der Waals surface area (Å²) in [6, 6.07) is 0. The molecule has 0 saturated carbocycles. The molecule has 14 heavy (non-hydrogen) atoms. The van der Waals surface area contributed by atoms with Gasteiger partial charge in [0.1, 0.15) is 0 Å². The summed E-state index contributed by atoms with van der Waals surface area (Å²) in [6.07, 6.45) is 1.63. The molecule has 0 aromatic rings. The van der Waals surface area contributed by atoms with Crippen LogP contribution in [0.5, 0.6) is 0 Å². The zero-order valence-electron chi connectivity index (χ0n) is 7.85.